The smallest absolute Gasteiger partial charge is 0.387 e. The molecule has 1 amide bonds. The van der Waals surface area contributed by atoms with Gasteiger partial charge in [0.05, 0.1) is 6.10 Å². The molecule has 0 aromatic heterocycles. The van der Waals surface area contributed by atoms with E-state index >= 15 is 0 Å². The molecule has 1 unspecified atom stereocenters. The number of alkyl halides is 2. The molecule has 4 nitrogen and oxygen atoms in total. The second-order valence-electron chi connectivity index (χ2n) is 6.01. The van der Waals surface area contributed by atoms with Crippen LogP contribution in [0.25, 0.3) is 0 Å². The molecule has 2 N–H and O–H groups in total. The fourth-order valence-electron chi connectivity index (χ4n) is 3.16. The highest BCUT2D eigenvalue weighted by Crippen LogP contribution is 2.41. The van der Waals surface area contributed by atoms with Gasteiger partial charge >= 0.3 is 6.61 Å². The summed E-state index contributed by atoms with van der Waals surface area (Å²) < 4.78 is 28.4. The van der Waals surface area contributed by atoms with Crippen LogP contribution in [0.1, 0.15) is 50.7 Å². The predicted molar refractivity (Wildman–Crippen MR) is 82.2 cm³/mol. The Hall–Kier alpha value is -1.69. The van der Waals surface area contributed by atoms with Crippen LogP contribution in [0.15, 0.2) is 24.3 Å². The van der Waals surface area contributed by atoms with Crippen molar-refractivity contribution in [2.45, 2.75) is 51.7 Å². The molecule has 6 heteroatoms. The van der Waals surface area contributed by atoms with Crippen LogP contribution in [0.5, 0.6) is 5.75 Å². The molecular formula is C17H23F2NO3. The van der Waals surface area contributed by atoms with Gasteiger partial charge in [0, 0.05) is 12.0 Å². The zero-order valence-corrected chi connectivity index (χ0v) is 13.2. The van der Waals surface area contributed by atoms with E-state index < -0.39 is 12.7 Å². The van der Waals surface area contributed by atoms with E-state index in [0.717, 1.165) is 32.1 Å². The summed E-state index contributed by atoms with van der Waals surface area (Å²) in [6.07, 6.45) is 3.84. The summed E-state index contributed by atoms with van der Waals surface area (Å²) in [6.45, 7) is -0.750. The van der Waals surface area contributed by atoms with Crippen LogP contribution in [-0.2, 0) is 4.79 Å². The fourth-order valence-corrected chi connectivity index (χ4v) is 3.16. The highest BCUT2D eigenvalue weighted by Gasteiger charge is 2.39. The number of nitrogens with one attached hydrogen (secondary N) is 1. The van der Waals surface area contributed by atoms with Crippen molar-refractivity contribution in [3.8, 4) is 5.75 Å². The zero-order valence-electron chi connectivity index (χ0n) is 13.2. The van der Waals surface area contributed by atoms with E-state index in [1.807, 2.05) is 6.92 Å². The third-order valence-corrected chi connectivity index (χ3v) is 4.67. The molecule has 0 radical (unpaired) electrons. The van der Waals surface area contributed by atoms with Crippen LogP contribution >= 0.6 is 0 Å². The summed E-state index contributed by atoms with van der Waals surface area (Å²) in [7, 11) is 0. The van der Waals surface area contributed by atoms with Crippen molar-refractivity contribution >= 4 is 5.91 Å². The first-order valence-corrected chi connectivity index (χ1v) is 7.98. The molecule has 1 aromatic rings. The standard InChI is InChI=1S/C17H23F2NO3/c1-2-17(9-3-4-10-17)15(22)20-11-14(21)12-5-7-13(8-6-12)23-16(18)19/h5-8,14,16,21H,2-4,9-11H2,1H3,(H,20,22). The maximum absolute atomic E-state index is 12.4. The zero-order chi connectivity index (χ0) is 16.9. The van der Waals surface area contributed by atoms with Crippen molar-refractivity contribution in [2.75, 3.05) is 6.54 Å². The van der Waals surface area contributed by atoms with Gasteiger partial charge in [-0.2, -0.15) is 8.78 Å². The number of rotatable bonds is 7. The molecule has 1 saturated carbocycles. The first-order chi connectivity index (χ1) is 11.0. The molecule has 1 aliphatic rings. The Bertz CT molecular complexity index is 513. The lowest BCUT2D eigenvalue weighted by molar-refractivity contribution is -0.131. The molecule has 2 rings (SSSR count). The maximum atomic E-state index is 12.4. The van der Waals surface area contributed by atoms with E-state index in [2.05, 4.69) is 10.1 Å². The summed E-state index contributed by atoms with van der Waals surface area (Å²) in [5.41, 5.74) is 0.248. The predicted octanol–water partition coefficient (Wildman–Crippen LogP) is 3.41. The van der Waals surface area contributed by atoms with Crippen molar-refractivity contribution in [2.24, 2.45) is 5.41 Å². The van der Waals surface area contributed by atoms with Crippen molar-refractivity contribution in [3.05, 3.63) is 29.8 Å². The van der Waals surface area contributed by atoms with Gasteiger partial charge in [-0.3, -0.25) is 4.79 Å². The molecule has 1 fully saturated rings. The number of hydrogen-bond donors (Lipinski definition) is 2. The van der Waals surface area contributed by atoms with Crippen LogP contribution < -0.4 is 10.1 Å². The lowest BCUT2D eigenvalue weighted by Crippen LogP contribution is -2.40. The molecule has 0 spiro atoms. The Kier molecular flexibility index (Phi) is 5.93. The molecule has 23 heavy (non-hydrogen) atoms. The number of aliphatic hydroxyl groups is 1. The number of amides is 1. The Labute approximate surface area is 134 Å². The van der Waals surface area contributed by atoms with Crippen LogP contribution in [0, 0.1) is 5.41 Å². The average Bonchev–Trinajstić information content (AvgIpc) is 3.02. The Morgan fingerprint density at radius 2 is 1.91 bits per heavy atom. The summed E-state index contributed by atoms with van der Waals surface area (Å²) in [6, 6.07) is 5.77. The number of benzene rings is 1. The Morgan fingerprint density at radius 1 is 1.30 bits per heavy atom. The molecule has 0 saturated heterocycles. The second kappa shape index (κ2) is 7.73. The van der Waals surface area contributed by atoms with Gasteiger partial charge in [-0.15, -0.1) is 0 Å². The van der Waals surface area contributed by atoms with Crippen molar-refractivity contribution in [1.82, 2.24) is 5.32 Å². The van der Waals surface area contributed by atoms with E-state index in [1.54, 1.807) is 0 Å². The van der Waals surface area contributed by atoms with E-state index in [1.165, 1.54) is 24.3 Å². The van der Waals surface area contributed by atoms with Crippen molar-refractivity contribution in [1.29, 1.82) is 0 Å². The van der Waals surface area contributed by atoms with Crippen LogP contribution in [0.2, 0.25) is 0 Å². The van der Waals surface area contributed by atoms with Crippen LogP contribution in [0.3, 0.4) is 0 Å². The average molecular weight is 327 g/mol. The number of ether oxygens (including phenoxy) is 1. The Balaban J connectivity index is 1.89. The number of hydrogen-bond acceptors (Lipinski definition) is 3. The lowest BCUT2D eigenvalue weighted by Gasteiger charge is -2.26. The minimum Gasteiger partial charge on any atom is -0.435 e. The Morgan fingerprint density at radius 3 is 2.43 bits per heavy atom. The van der Waals surface area contributed by atoms with Gasteiger partial charge in [-0.05, 0) is 37.0 Å². The van der Waals surface area contributed by atoms with Crippen molar-refractivity contribution in [3.63, 3.8) is 0 Å². The number of halogens is 2. The minimum atomic E-state index is -2.87. The molecule has 128 valence electrons. The van der Waals surface area contributed by atoms with Crippen LogP contribution in [-0.4, -0.2) is 24.2 Å². The largest absolute Gasteiger partial charge is 0.435 e. The van der Waals surface area contributed by atoms with Gasteiger partial charge in [0.1, 0.15) is 5.75 Å². The summed E-state index contributed by atoms with van der Waals surface area (Å²) in [5, 5.41) is 13.0. The summed E-state index contributed by atoms with van der Waals surface area (Å²) in [5.74, 6) is 0.0325. The normalized spacial score (nSPS) is 18.0. The minimum absolute atomic E-state index is 0.00537. The van der Waals surface area contributed by atoms with E-state index in [0.29, 0.717) is 5.56 Å². The maximum Gasteiger partial charge on any atom is 0.387 e. The molecule has 1 atom stereocenters. The van der Waals surface area contributed by atoms with E-state index in [9.17, 15) is 18.7 Å². The molecule has 1 aliphatic carbocycles. The van der Waals surface area contributed by atoms with Gasteiger partial charge in [-0.1, -0.05) is 31.9 Å². The third-order valence-electron chi connectivity index (χ3n) is 4.67. The topological polar surface area (TPSA) is 58.6 Å². The summed E-state index contributed by atoms with van der Waals surface area (Å²) in [4.78, 5) is 12.4. The number of aliphatic hydroxyl groups excluding tert-OH is 1. The van der Waals surface area contributed by atoms with E-state index in [-0.39, 0.29) is 23.6 Å². The molecule has 0 bridgehead atoms. The SMILES string of the molecule is CCC1(C(=O)NCC(O)c2ccc(OC(F)F)cc2)CCCC1. The number of carbonyl (C=O) groups excluding carboxylic acids is 1. The van der Waals surface area contributed by atoms with Crippen LogP contribution in [0.4, 0.5) is 8.78 Å². The van der Waals surface area contributed by atoms with Gasteiger partial charge in [0.2, 0.25) is 5.91 Å². The quantitative estimate of drug-likeness (QED) is 0.807. The highest BCUT2D eigenvalue weighted by molar-refractivity contribution is 5.82. The summed E-state index contributed by atoms with van der Waals surface area (Å²) >= 11 is 0. The van der Waals surface area contributed by atoms with Gasteiger partial charge in [-0.25, -0.2) is 0 Å². The third kappa shape index (κ3) is 4.41. The second-order valence-corrected chi connectivity index (χ2v) is 6.01. The van der Waals surface area contributed by atoms with Gasteiger partial charge < -0.3 is 15.2 Å². The van der Waals surface area contributed by atoms with Gasteiger partial charge in [0.25, 0.3) is 0 Å². The van der Waals surface area contributed by atoms with E-state index in [4.69, 9.17) is 0 Å². The number of carbonyl (C=O) groups is 1. The van der Waals surface area contributed by atoms with Gasteiger partial charge in [0.15, 0.2) is 0 Å². The lowest BCUT2D eigenvalue weighted by atomic mass is 9.82. The molecule has 1 aromatic carbocycles. The highest BCUT2D eigenvalue weighted by atomic mass is 19.3. The molecule has 0 aliphatic heterocycles. The van der Waals surface area contributed by atoms with Crippen molar-refractivity contribution < 1.29 is 23.4 Å². The molecule has 0 heterocycles. The first kappa shape index (κ1) is 17.7. The molecular weight excluding hydrogens is 304 g/mol. The monoisotopic (exact) mass is 327 g/mol. The fraction of sp³-hybridized carbons (Fsp3) is 0.588. The first-order valence-electron chi connectivity index (χ1n) is 7.98.